The first-order valence-electron chi connectivity index (χ1n) is 5.67. The summed E-state index contributed by atoms with van der Waals surface area (Å²) in [6.45, 7) is 9.66. The molecule has 0 amide bonds. The average molecular weight is 252 g/mol. The normalized spacial score (nSPS) is 13.2. The van der Waals surface area contributed by atoms with Gasteiger partial charge in [-0.25, -0.2) is 9.97 Å². The third kappa shape index (κ3) is 4.26. The fourth-order valence-electron chi connectivity index (χ4n) is 1.13. The van der Waals surface area contributed by atoms with Crippen molar-refractivity contribution in [3.8, 4) is 0 Å². The highest BCUT2D eigenvalue weighted by molar-refractivity contribution is 7.80. The van der Waals surface area contributed by atoms with Crippen molar-refractivity contribution in [2.75, 3.05) is 11.9 Å². The van der Waals surface area contributed by atoms with Gasteiger partial charge in [-0.15, -0.1) is 0 Å². The van der Waals surface area contributed by atoms with E-state index in [1.54, 1.807) is 12.3 Å². The summed E-state index contributed by atoms with van der Waals surface area (Å²) < 4.78 is 0. The van der Waals surface area contributed by atoms with Crippen LogP contribution in [-0.4, -0.2) is 21.5 Å². The fourth-order valence-corrected chi connectivity index (χ4v) is 1.25. The van der Waals surface area contributed by atoms with Crippen LogP contribution in [-0.2, 0) is 0 Å². The third-order valence-electron chi connectivity index (χ3n) is 2.95. The van der Waals surface area contributed by atoms with Gasteiger partial charge in [-0.1, -0.05) is 39.9 Å². The molecule has 5 heteroatoms. The first kappa shape index (κ1) is 13.8. The molecule has 0 radical (unpaired) electrons. The number of nitrogens with zero attached hydrogens (tertiary/aromatic N) is 2. The second kappa shape index (κ2) is 5.40. The molecular weight excluding hydrogens is 232 g/mol. The van der Waals surface area contributed by atoms with E-state index >= 15 is 0 Å². The van der Waals surface area contributed by atoms with E-state index in [0.717, 1.165) is 6.54 Å². The zero-order valence-corrected chi connectivity index (χ0v) is 11.6. The zero-order chi connectivity index (χ0) is 13.1. The van der Waals surface area contributed by atoms with Gasteiger partial charge in [0.1, 0.15) is 10.7 Å². The van der Waals surface area contributed by atoms with E-state index in [4.69, 9.17) is 18.0 Å². The topological polar surface area (TPSA) is 63.8 Å². The highest BCUT2D eigenvalue weighted by Crippen LogP contribution is 2.25. The van der Waals surface area contributed by atoms with E-state index in [9.17, 15) is 0 Å². The minimum Gasteiger partial charge on any atom is -0.388 e. The van der Waals surface area contributed by atoms with E-state index in [1.165, 1.54) is 0 Å². The Morgan fingerprint density at radius 1 is 1.53 bits per heavy atom. The molecule has 3 N–H and O–H groups in total. The number of hydrogen-bond donors (Lipinski definition) is 2. The Labute approximate surface area is 108 Å². The Morgan fingerprint density at radius 2 is 2.18 bits per heavy atom. The summed E-state index contributed by atoms with van der Waals surface area (Å²) in [4.78, 5) is 8.67. The van der Waals surface area contributed by atoms with Crippen LogP contribution in [0.3, 0.4) is 0 Å². The van der Waals surface area contributed by atoms with Crippen LogP contribution in [0.2, 0.25) is 0 Å². The van der Waals surface area contributed by atoms with Crippen molar-refractivity contribution < 1.29 is 0 Å². The van der Waals surface area contributed by atoms with Gasteiger partial charge in [-0.05, 0) is 17.4 Å². The highest BCUT2D eigenvalue weighted by atomic mass is 32.1. The maximum absolute atomic E-state index is 5.52. The predicted molar refractivity (Wildman–Crippen MR) is 75.0 cm³/mol. The summed E-state index contributed by atoms with van der Waals surface area (Å²) in [6, 6.07) is 1.71. The smallest absolute Gasteiger partial charge is 0.223 e. The Hall–Kier alpha value is -1.23. The molecule has 0 saturated carbocycles. The molecule has 0 aliphatic rings. The number of rotatable bonds is 4. The van der Waals surface area contributed by atoms with Crippen LogP contribution in [0.4, 0.5) is 5.95 Å². The van der Waals surface area contributed by atoms with E-state index in [2.05, 4.69) is 43.0 Å². The van der Waals surface area contributed by atoms with Crippen LogP contribution in [0.15, 0.2) is 12.3 Å². The molecule has 94 valence electrons. The minimum absolute atomic E-state index is 0.258. The lowest BCUT2D eigenvalue weighted by atomic mass is 9.82. The Morgan fingerprint density at radius 3 is 2.71 bits per heavy atom. The largest absolute Gasteiger partial charge is 0.388 e. The fraction of sp³-hybridized carbons (Fsp3) is 0.583. The van der Waals surface area contributed by atoms with Gasteiger partial charge in [0.2, 0.25) is 5.95 Å². The number of anilines is 1. The minimum atomic E-state index is 0.258. The first-order valence-corrected chi connectivity index (χ1v) is 6.08. The SMILES string of the molecule is CC(CNc1nccc(C(N)=S)n1)C(C)(C)C. The molecule has 0 spiro atoms. The number of nitrogens with one attached hydrogen (secondary N) is 1. The van der Waals surface area contributed by atoms with Crippen LogP contribution < -0.4 is 11.1 Å². The van der Waals surface area contributed by atoms with Crippen molar-refractivity contribution in [1.82, 2.24) is 9.97 Å². The molecule has 0 aromatic carbocycles. The van der Waals surface area contributed by atoms with Crippen LogP contribution in [0.5, 0.6) is 0 Å². The van der Waals surface area contributed by atoms with Crippen LogP contribution in [0.25, 0.3) is 0 Å². The molecular formula is C12H20N4S. The van der Waals surface area contributed by atoms with Gasteiger partial charge in [0.15, 0.2) is 0 Å². The monoisotopic (exact) mass is 252 g/mol. The molecule has 1 atom stereocenters. The summed E-state index contributed by atoms with van der Waals surface area (Å²) in [5.74, 6) is 1.09. The van der Waals surface area contributed by atoms with Crippen LogP contribution in [0, 0.1) is 11.3 Å². The summed E-state index contributed by atoms with van der Waals surface area (Å²) in [7, 11) is 0. The van der Waals surface area contributed by atoms with Gasteiger partial charge >= 0.3 is 0 Å². The predicted octanol–water partition coefficient (Wildman–Crippen LogP) is 2.20. The number of hydrogen-bond acceptors (Lipinski definition) is 4. The van der Waals surface area contributed by atoms with E-state index in [1.807, 2.05) is 0 Å². The maximum Gasteiger partial charge on any atom is 0.223 e. The molecule has 1 unspecified atom stereocenters. The molecule has 1 aromatic rings. The molecule has 0 saturated heterocycles. The molecule has 17 heavy (non-hydrogen) atoms. The maximum atomic E-state index is 5.52. The van der Waals surface area contributed by atoms with Crippen molar-refractivity contribution in [1.29, 1.82) is 0 Å². The molecule has 0 aliphatic heterocycles. The third-order valence-corrected chi connectivity index (χ3v) is 3.16. The number of aromatic nitrogens is 2. The Bertz CT molecular complexity index is 398. The summed E-state index contributed by atoms with van der Waals surface area (Å²) in [5, 5.41) is 3.21. The quantitative estimate of drug-likeness (QED) is 0.804. The standard InChI is InChI=1S/C12H20N4S/c1-8(12(2,3)4)7-15-11-14-6-5-9(16-11)10(13)17/h5-6,8H,7H2,1-4H3,(H2,13,17)(H,14,15,16). The molecule has 1 rings (SSSR count). The Kier molecular flexibility index (Phi) is 4.40. The molecule has 1 heterocycles. The van der Waals surface area contributed by atoms with Crippen LogP contribution >= 0.6 is 12.2 Å². The van der Waals surface area contributed by atoms with E-state index in [-0.39, 0.29) is 5.41 Å². The molecule has 0 bridgehead atoms. The lowest BCUT2D eigenvalue weighted by Gasteiger charge is -2.27. The van der Waals surface area contributed by atoms with E-state index in [0.29, 0.717) is 22.5 Å². The molecule has 1 aromatic heterocycles. The van der Waals surface area contributed by atoms with Gasteiger partial charge in [0.05, 0.1) is 0 Å². The van der Waals surface area contributed by atoms with Gasteiger partial charge in [-0.2, -0.15) is 0 Å². The summed E-state index contributed by atoms with van der Waals surface area (Å²) in [6.07, 6.45) is 1.66. The number of thiocarbonyl (C=S) groups is 1. The summed E-state index contributed by atoms with van der Waals surface area (Å²) >= 11 is 4.88. The van der Waals surface area contributed by atoms with Crippen molar-refractivity contribution in [2.24, 2.45) is 17.1 Å². The highest BCUT2D eigenvalue weighted by Gasteiger charge is 2.19. The van der Waals surface area contributed by atoms with Gasteiger partial charge < -0.3 is 11.1 Å². The Balaban J connectivity index is 2.64. The van der Waals surface area contributed by atoms with Crippen molar-refractivity contribution in [3.63, 3.8) is 0 Å². The number of nitrogens with two attached hydrogens (primary N) is 1. The molecule has 4 nitrogen and oxygen atoms in total. The average Bonchev–Trinajstić information content (AvgIpc) is 2.25. The van der Waals surface area contributed by atoms with Gasteiger partial charge in [0, 0.05) is 12.7 Å². The first-order chi connectivity index (χ1) is 7.80. The second-order valence-corrected chi connectivity index (χ2v) is 5.72. The van der Waals surface area contributed by atoms with Crippen molar-refractivity contribution in [2.45, 2.75) is 27.7 Å². The molecule has 0 fully saturated rings. The van der Waals surface area contributed by atoms with E-state index < -0.39 is 0 Å². The second-order valence-electron chi connectivity index (χ2n) is 5.28. The van der Waals surface area contributed by atoms with Crippen molar-refractivity contribution >= 4 is 23.2 Å². The lowest BCUT2D eigenvalue weighted by Crippen LogP contribution is -2.25. The lowest BCUT2D eigenvalue weighted by molar-refractivity contribution is 0.274. The van der Waals surface area contributed by atoms with Crippen LogP contribution in [0.1, 0.15) is 33.4 Å². The zero-order valence-electron chi connectivity index (χ0n) is 10.8. The van der Waals surface area contributed by atoms with Gasteiger partial charge in [-0.3, -0.25) is 0 Å². The summed E-state index contributed by atoms with van der Waals surface area (Å²) in [5.41, 5.74) is 6.38. The van der Waals surface area contributed by atoms with Gasteiger partial charge in [0.25, 0.3) is 0 Å². The molecule has 0 aliphatic carbocycles. The van der Waals surface area contributed by atoms with Crippen molar-refractivity contribution in [3.05, 3.63) is 18.0 Å².